The Morgan fingerprint density at radius 2 is 1.86 bits per heavy atom. The van der Waals surface area contributed by atoms with E-state index in [1.807, 2.05) is 11.4 Å². The van der Waals surface area contributed by atoms with Gasteiger partial charge in [0.2, 0.25) is 5.91 Å². The zero-order valence-corrected chi connectivity index (χ0v) is 22.1. The van der Waals surface area contributed by atoms with Crippen LogP contribution < -0.4 is 4.74 Å². The van der Waals surface area contributed by atoms with Crippen LogP contribution in [0.2, 0.25) is 10.0 Å². The zero-order chi connectivity index (χ0) is 25.8. The van der Waals surface area contributed by atoms with Crippen molar-refractivity contribution in [2.75, 3.05) is 19.7 Å². The number of rotatable bonds is 8. The molecule has 0 fully saturated rings. The number of ether oxygens (including phenoxy) is 1. The van der Waals surface area contributed by atoms with Crippen molar-refractivity contribution in [2.45, 2.75) is 19.0 Å². The van der Waals surface area contributed by atoms with E-state index in [9.17, 15) is 9.59 Å². The number of hydrogen-bond acceptors (Lipinski definition) is 5. The van der Waals surface area contributed by atoms with Crippen molar-refractivity contribution in [3.63, 3.8) is 0 Å². The maximum Gasteiger partial charge on any atom is 0.256 e. The van der Waals surface area contributed by atoms with Crippen LogP contribution in [0.4, 0.5) is 0 Å². The molecule has 0 spiro atoms. The summed E-state index contributed by atoms with van der Waals surface area (Å²) >= 11 is 14.0. The van der Waals surface area contributed by atoms with E-state index in [0.717, 1.165) is 12.0 Å². The second-order valence-corrected chi connectivity index (χ2v) is 10.5. The molecular weight excluding hydrogens is 531 g/mol. The predicted octanol–water partition coefficient (Wildman–Crippen LogP) is 6.50. The van der Waals surface area contributed by atoms with E-state index in [1.165, 1.54) is 9.78 Å². The molecule has 2 aromatic carbocycles. The normalized spacial score (nSPS) is 14.8. The molecule has 1 unspecified atom stereocenters. The van der Waals surface area contributed by atoms with Crippen LogP contribution in [0, 0.1) is 0 Å². The van der Waals surface area contributed by atoms with Crippen LogP contribution in [0.15, 0.2) is 82.8 Å². The van der Waals surface area contributed by atoms with Gasteiger partial charge in [0.25, 0.3) is 5.91 Å². The van der Waals surface area contributed by atoms with Crippen molar-refractivity contribution in [1.29, 1.82) is 0 Å². The van der Waals surface area contributed by atoms with E-state index >= 15 is 0 Å². The molecule has 5 rings (SSSR count). The Kier molecular flexibility index (Phi) is 7.84. The number of hydrogen-bond donors (Lipinski definition) is 0. The highest BCUT2D eigenvalue weighted by molar-refractivity contribution is 7.10. The first-order valence-corrected chi connectivity index (χ1v) is 13.4. The summed E-state index contributed by atoms with van der Waals surface area (Å²) < 4.78 is 11.5. The van der Waals surface area contributed by atoms with Crippen molar-refractivity contribution in [3.8, 4) is 5.75 Å². The van der Waals surface area contributed by atoms with Crippen LogP contribution in [0.5, 0.6) is 5.75 Å². The van der Waals surface area contributed by atoms with E-state index < -0.39 is 0 Å². The lowest BCUT2D eigenvalue weighted by molar-refractivity contribution is -0.135. The lowest BCUT2D eigenvalue weighted by Crippen LogP contribution is -2.47. The van der Waals surface area contributed by atoms with Crippen molar-refractivity contribution in [3.05, 3.63) is 110 Å². The molecule has 1 atom stereocenters. The van der Waals surface area contributed by atoms with E-state index in [1.54, 1.807) is 83.2 Å². The summed E-state index contributed by atoms with van der Waals surface area (Å²) in [7, 11) is 0. The maximum atomic E-state index is 13.8. The van der Waals surface area contributed by atoms with Crippen LogP contribution in [-0.2, 0) is 17.8 Å². The molecule has 2 amide bonds. The number of nitrogens with zero attached hydrogens (tertiary/aromatic N) is 2. The van der Waals surface area contributed by atoms with Gasteiger partial charge in [0.05, 0.1) is 29.4 Å². The van der Waals surface area contributed by atoms with Gasteiger partial charge in [0.1, 0.15) is 24.7 Å². The van der Waals surface area contributed by atoms with Crippen LogP contribution in [-0.4, -0.2) is 41.3 Å². The number of thiophene rings is 1. The molecule has 0 bridgehead atoms. The highest BCUT2D eigenvalue weighted by Gasteiger charge is 2.34. The lowest BCUT2D eigenvalue weighted by atomic mass is 10.0. The first-order valence-electron chi connectivity index (χ1n) is 11.8. The van der Waals surface area contributed by atoms with Gasteiger partial charge < -0.3 is 19.0 Å². The topological polar surface area (TPSA) is 63.0 Å². The van der Waals surface area contributed by atoms with Crippen LogP contribution in [0.3, 0.4) is 0 Å². The van der Waals surface area contributed by atoms with Crippen LogP contribution in [0.25, 0.3) is 0 Å². The number of fused-ring (bicyclic) bond motifs is 1. The Balaban J connectivity index is 1.38. The van der Waals surface area contributed by atoms with Crippen molar-refractivity contribution in [1.82, 2.24) is 9.80 Å². The average molecular weight is 555 g/mol. The zero-order valence-electron chi connectivity index (χ0n) is 19.8. The van der Waals surface area contributed by atoms with E-state index in [2.05, 4.69) is 0 Å². The molecule has 190 valence electrons. The number of furan rings is 1. The largest absolute Gasteiger partial charge is 0.491 e. The molecule has 9 heteroatoms. The molecule has 0 aliphatic carbocycles. The van der Waals surface area contributed by atoms with Gasteiger partial charge in [-0.1, -0.05) is 35.3 Å². The molecule has 4 aromatic rings. The molecule has 1 aliphatic rings. The third kappa shape index (κ3) is 5.85. The van der Waals surface area contributed by atoms with Gasteiger partial charge in [-0.3, -0.25) is 9.59 Å². The van der Waals surface area contributed by atoms with Gasteiger partial charge in [-0.2, -0.15) is 0 Å². The summed E-state index contributed by atoms with van der Waals surface area (Å²) in [4.78, 5) is 31.8. The summed E-state index contributed by atoms with van der Waals surface area (Å²) in [6, 6.07) is 19.3. The summed E-state index contributed by atoms with van der Waals surface area (Å²) in [5.41, 5.74) is 1.42. The molecule has 0 saturated heterocycles. The fourth-order valence-electron chi connectivity index (χ4n) is 4.43. The van der Waals surface area contributed by atoms with Crippen molar-refractivity contribution < 1.29 is 18.7 Å². The number of benzene rings is 2. The average Bonchev–Trinajstić information content (AvgIpc) is 3.60. The van der Waals surface area contributed by atoms with Gasteiger partial charge in [-0.05, 0) is 72.0 Å². The minimum absolute atomic E-state index is 0.123. The molecule has 0 radical (unpaired) electrons. The number of amides is 2. The highest BCUT2D eigenvalue weighted by atomic mass is 35.5. The number of halogens is 2. The summed E-state index contributed by atoms with van der Waals surface area (Å²) in [5, 5.41) is 3.00. The minimum atomic E-state index is -0.336. The fraction of sp³-hybridized carbons (Fsp3) is 0.214. The SMILES string of the molecule is O=C(c1ccccc1Cl)N(CC(=O)N1CCc2sccc2C1COc1ccc(Cl)cc1)Cc1ccco1. The lowest BCUT2D eigenvalue weighted by Gasteiger charge is -2.37. The number of carbonyl (C=O) groups is 2. The first-order chi connectivity index (χ1) is 18.0. The van der Waals surface area contributed by atoms with E-state index in [4.69, 9.17) is 32.4 Å². The van der Waals surface area contributed by atoms with E-state index in [0.29, 0.717) is 33.7 Å². The molecule has 1 aliphatic heterocycles. The predicted molar refractivity (Wildman–Crippen MR) is 144 cm³/mol. The highest BCUT2D eigenvalue weighted by Crippen LogP contribution is 2.34. The Morgan fingerprint density at radius 1 is 1.05 bits per heavy atom. The monoisotopic (exact) mass is 554 g/mol. The van der Waals surface area contributed by atoms with Gasteiger partial charge in [-0.25, -0.2) is 0 Å². The smallest absolute Gasteiger partial charge is 0.256 e. The molecule has 0 N–H and O–H groups in total. The minimum Gasteiger partial charge on any atom is -0.491 e. The Morgan fingerprint density at radius 3 is 2.62 bits per heavy atom. The van der Waals surface area contributed by atoms with Gasteiger partial charge >= 0.3 is 0 Å². The van der Waals surface area contributed by atoms with Crippen LogP contribution in [0.1, 0.15) is 32.6 Å². The molecule has 37 heavy (non-hydrogen) atoms. The third-order valence-corrected chi connectivity index (χ3v) is 7.86. The Labute approximate surface area is 229 Å². The second kappa shape index (κ2) is 11.4. The quantitative estimate of drug-likeness (QED) is 0.249. The summed E-state index contributed by atoms with van der Waals surface area (Å²) in [5.74, 6) is 0.744. The molecule has 0 saturated carbocycles. The van der Waals surface area contributed by atoms with Crippen molar-refractivity contribution in [2.24, 2.45) is 0 Å². The Bertz CT molecular complexity index is 1370. The summed E-state index contributed by atoms with van der Waals surface area (Å²) in [6.07, 6.45) is 2.30. The Hall–Kier alpha value is -3.26. The first kappa shape index (κ1) is 25.4. The van der Waals surface area contributed by atoms with Crippen molar-refractivity contribution >= 4 is 46.4 Å². The maximum absolute atomic E-state index is 13.8. The standard InChI is InChI=1S/C28H24Cl2N2O4S/c29-19-7-9-20(10-8-19)36-18-25-23-12-15-37-26(23)11-13-32(25)27(33)17-31(16-21-4-3-14-35-21)28(34)22-5-1-2-6-24(22)30/h1-10,12,14-15,25H,11,13,16-18H2. The summed E-state index contributed by atoms with van der Waals surface area (Å²) in [6.45, 7) is 0.845. The van der Waals surface area contributed by atoms with Crippen LogP contribution >= 0.6 is 34.5 Å². The number of carbonyl (C=O) groups excluding carboxylic acids is 2. The molecule has 2 aromatic heterocycles. The fourth-order valence-corrected chi connectivity index (χ4v) is 5.70. The molecule has 3 heterocycles. The third-order valence-electron chi connectivity index (χ3n) is 6.28. The molecule has 6 nitrogen and oxygen atoms in total. The van der Waals surface area contributed by atoms with Gasteiger partial charge in [0.15, 0.2) is 0 Å². The van der Waals surface area contributed by atoms with E-state index in [-0.39, 0.29) is 37.6 Å². The van der Waals surface area contributed by atoms with Gasteiger partial charge in [-0.15, -0.1) is 11.3 Å². The molecular formula is C28H24Cl2N2O4S. The van der Waals surface area contributed by atoms with Gasteiger partial charge in [0, 0.05) is 16.4 Å². The second-order valence-electron chi connectivity index (χ2n) is 8.64.